The summed E-state index contributed by atoms with van der Waals surface area (Å²) < 4.78 is 0. The lowest BCUT2D eigenvalue weighted by atomic mass is 10.2. The third kappa shape index (κ3) is 1.48. The van der Waals surface area contributed by atoms with E-state index in [0.29, 0.717) is 11.6 Å². The van der Waals surface area contributed by atoms with Crippen molar-refractivity contribution in [2.75, 3.05) is 5.73 Å². The number of thiophene rings is 1. The van der Waals surface area contributed by atoms with Crippen LogP contribution in [0.1, 0.15) is 11.1 Å². The predicted octanol–water partition coefficient (Wildman–Crippen LogP) is 2.40. The number of aromatic nitrogens is 2. The van der Waals surface area contributed by atoms with E-state index in [2.05, 4.69) is 15.3 Å². The standard InChI is InChI=1S/C10H11N3S/c1-6-3-12-10(13-9(6)11)8-5-14-4-7(8)2/h3-5H,1-2H3,(H2,11,12,13). The summed E-state index contributed by atoms with van der Waals surface area (Å²) in [4.78, 5) is 8.51. The molecule has 0 saturated carbocycles. The highest BCUT2D eigenvalue weighted by molar-refractivity contribution is 7.08. The van der Waals surface area contributed by atoms with E-state index < -0.39 is 0 Å². The monoisotopic (exact) mass is 205 g/mol. The minimum absolute atomic E-state index is 0.556. The van der Waals surface area contributed by atoms with Gasteiger partial charge in [0.05, 0.1) is 0 Å². The quantitative estimate of drug-likeness (QED) is 0.777. The van der Waals surface area contributed by atoms with Gasteiger partial charge in [-0.15, -0.1) is 0 Å². The van der Waals surface area contributed by atoms with Crippen molar-refractivity contribution in [2.45, 2.75) is 13.8 Å². The van der Waals surface area contributed by atoms with Gasteiger partial charge in [0, 0.05) is 22.7 Å². The molecule has 0 radical (unpaired) electrons. The Balaban J connectivity index is 2.53. The average molecular weight is 205 g/mol. The number of anilines is 1. The fourth-order valence-corrected chi connectivity index (χ4v) is 2.00. The lowest BCUT2D eigenvalue weighted by Gasteiger charge is -2.02. The SMILES string of the molecule is Cc1cscc1-c1ncc(C)c(N)n1. The summed E-state index contributed by atoms with van der Waals surface area (Å²) in [6, 6.07) is 0. The molecule has 0 saturated heterocycles. The first kappa shape index (κ1) is 9.15. The molecule has 0 aliphatic heterocycles. The molecule has 0 amide bonds. The maximum absolute atomic E-state index is 5.73. The Bertz CT molecular complexity index is 462. The normalized spacial score (nSPS) is 10.4. The van der Waals surface area contributed by atoms with E-state index in [1.54, 1.807) is 17.5 Å². The minimum Gasteiger partial charge on any atom is -0.383 e. The first-order valence-electron chi connectivity index (χ1n) is 4.31. The molecule has 0 fully saturated rings. The molecule has 0 aromatic carbocycles. The Morgan fingerprint density at radius 1 is 1.21 bits per heavy atom. The van der Waals surface area contributed by atoms with Crippen molar-refractivity contribution >= 4 is 17.2 Å². The smallest absolute Gasteiger partial charge is 0.162 e. The first-order chi connectivity index (χ1) is 6.68. The van der Waals surface area contributed by atoms with Gasteiger partial charge in [-0.3, -0.25) is 0 Å². The number of aryl methyl sites for hydroxylation is 2. The van der Waals surface area contributed by atoms with E-state index in [9.17, 15) is 0 Å². The molecule has 0 bridgehead atoms. The molecule has 0 spiro atoms. The second-order valence-electron chi connectivity index (χ2n) is 3.23. The zero-order chi connectivity index (χ0) is 10.1. The Kier molecular flexibility index (Phi) is 2.21. The van der Waals surface area contributed by atoms with Gasteiger partial charge in [-0.2, -0.15) is 11.3 Å². The Hall–Kier alpha value is -1.42. The van der Waals surface area contributed by atoms with Crippen LogP contribution in [-0.2, 0) is 0 Å². The average Bonchev–Trinajstić information content (AvgIpc) is 2.57. The lowest BCUT2D eigenvalue weighted by Crippen LogP contribution is -1.98. The number of hydrogen-bond acceptors (Lipinski definition) is 4. The van der Waals surface area contributed by atoms with Gasteiger partial charge in [0.25, 0.3) is 0 Å². The molecule has 2 heterocycles. The Labute approximate surface area is 86.6 Å². The summed E-state index contributed by atoms with van der Waals surface area (Å²) in [7, 11) is 0. The van der Waals surface area contributed by atoms with Gasteiger partial charge in [0.15, 0.2) is 5.82 Å². The lowest BCUT2D eigenvalue weighted by molar-refractivity contribution is 1.15. The van der Waals surface area contributed by atoms with Gasteiger partial charge < -0.3 is 5.73 Å². The Morgan fingerprint density at radius 3 is 2.57 bits per heavy atom. The second kappa shape index (κ2) is 3.38. The molecule has 4 heteroatoms. The molecule has 2 aromatic rings. The Morgan fingerprint density at radius 2 is 2.00 bits per heavy atom. The molecule has 3 nitrogen and oxygen atoms in total. The topological polar surface area (TPSA) is 51.8 Å². The fourth-order valence-electron chi connectivity index (χ4n) is 1.17. The highest BCUT2D eigenvalue weighted by Crippen LogP contribution is 2.24. The molecule has 14 heavy (non-hydrogen) atoms. The van der Waals surface area contributed by atoms with Crippen LogP contribution < -0.4 is 5.73 Å². The molecule has 0 unspecified atom stereocenters. The van der Waals surface area contributed by atoms with Gasteiger partial charge in [0.1, 0.15) is 5.82 Å². The zero-order valence-electron chi connectivity index (χ0n) is 8.11. The third-order valence-corrected chi connectivity index (χ3v) is 2.97. The van der Waals surface area contributed by atoms with Gasteiger partial charge in [-0.05, 0) is 24.8 Å². The summed E-state index contributed by atoms with van der Waals surface area (Å²) in [5.74, 6) is 1.27. The summed E-state index contributed by atoms with van der Waals surface area (Å²) in [5.41, 5.74) is 8.91. The van der Waals surface area contributed by atoms with Gasteiger partial charge in [-0.1, -0.05) is 0 Å². The number of nitrogen functional groups attached to an aromatic ring is 1. The summed E-state index contributed by atoms with van der Waals surface area (Å²) in [5, 5.41) is 4.12. The fraction of sp³-hybridized carbons (Fsp3) is 0.200. The van der Waals surface area contributed by atoms with Gasteiger partial charge >= 0.3 is 0 Å². The summed E-state index contributed by atoms with van der Waals surface area (Å²) >= 11 is 1.65. The number of hydrogen-bond donors (Lipinski definition) is 1. The van der Waals surface area contributed by atoms with Crippen molar-refractivity contribution < 1.29 is 0 Å². The van der Waals surface area contributed by atoms with Gasteiger partial charge in [0.2, 0.25) is 0 Å². The molecule has 0 atom stereocenters. The van der Waals surface area contributed by atoms with Crippen LogP contribution in [0.5, 0.6) is 0 Å². The van der Waals surface area contributed by atoms with Crippen LogP contribution in [-0.4, -0.2) is 9.97 Å². The van der Waals surface area contributed by atoms with Crippen LogP contribution in [0.3, 0.4) is 0 Å². The van der Waals surface area contributed by atoms with Crippen molar-refractivity contribution in [3.8, 4) is 11.4 Å². The molecule has 2 rings (SSSR count). The zero-order valence-corrected chi connectivity index (χ0v) is 8.93. The van der Waals surface area contributed by atoms with Crippen LogP contribution in [0, 0.1) is 13.8 Å². The van der Waals surface area contributed by atoms with Crippen molar-refractivity contribution in [3.05, 3.63) is 28.1 Å². The van der Waals surface area contributed by atoms with Crippen LogP contribution in [0.4, 0.5) is 5.82 Å². The van der Waals surface area contributed by atoms with Crippen LogP contribution >= 0.6 is 11.3 Å². The molecular weight excluding hydrogens is 194 g/mol. The van der Waals surface area contributed by atoms with E-state index in [0.717, 1.165) is 11.1 Å². The third-order valence-electron chi connectivity index (χ3n) is 2.11. The molecule has 0 aliphatic carbocycles. The predicted molar refractivity (Wildman–Crippen MR) is 59.2 cm³/mol. The molecule has 0 aliphatic rings. The molecule has 2 aromatic heterocycles. The molecule has 2 N–H and O–H groups in total. The van der Waals surface area contributed by atoms with E-state index in [4.69, 9.17) is 5.73 Å². The van der Waals surface area contributed by atoms with Crippen LogP contribution in [0.2, 0.25) is 0 Å². The van der Waals surface area contributed by atoms with Crippen molar-refractivity contribution in [2.24, 2.45) is 0 Å². The summed E-state index contributed by atoms with van der Waals surface area (Å²) in [6.07, 6.45) is 1.76. The largest absolute Gasteiger partial charge is 0.383 e. The van der Waals surface area contributed by atoms with Crippen molar-refractivity contribution in [1.29, 1.82) is 0 Å². The van der Waals surface area contributed by atoms with E-state index in [1.165, 1.54) is 5.56 Å². The number of rotatable bonds is 1. The molecular formula is C10H11N3S. The van der Waals surface area contributed by atoms with E-state index in [-0.39, 0.29) is 0 Å². The number of nitrogens with zero attached hydrogens (tertiary/aromatic N) is 2. The first-order valence-corrected chi connectivity index (χ1v) is 5.25. The molecule has 72 valence electrons. The maximum Gasteiger partial charge on any atom is 0.162 e. The second-order valence-corrected chi connectivity index (χ2v) is 3.97. The van der Waals surface area contributed by atoms with Crippen LogP contribution in [0.15, 0.2) is 17.0 Å². The highest BCUT2D eigenvalue weighted by Gasteiger charge is 2.06. The number of nitrogens with two attached hydrogens (primary N) is 1. The minimum atomic E-state index is 0.556. The van der Waals surface area contributed by atoms with E-state index in [1.807, 2.05) is 19.2 Å². The highest BCUT2D eigenvalue weighted by atomic mass is 32.1. The summed E-state index contributed by atoms with van der Waals surface area (Å²) in [6.45, 7) is 3.95. The van der Waals surface area contributed by atoms with Crippen LogP contribution in [0.25, 0.3) is 11.4 Å². The van der Waals surface area contributed by atoms with Gasteiger partial charge in [-0.25, -0.2) is 9.97 Å². The van der Waals surface area contributed by atoms with E-state index >= 15 is 0 Å². The maximum atomic E-state index is 5.73. The van der Waals surface area contributed by atoms with Crippen molar-refractivity contribution in [1.82, 2.24) is 9.97 Å². The van der Waals surface area contributed by atoms with Crippen molar-refractivity contribution in [3.63, 3.8) is 0 Å².